The van der Waals surface area contributed by atoms with Crippen molar-refractivity contribution in [3.8, 4) is 0 Å². The quantitative estimate of drug-likeness (QED) is 0.478. The number of nitrogens with one attached hydrogen (secondary N) is 2. The Bertz CT molecular complexity index is 1220. The maximum atomic E-state index is 12.6. The van der Waals surface area contributed by atoms with Crippen LogP contribution in [0.15, 0.2) is 64.9 Å². The molecule has 1 aliphatic rings. The van der Waals surface area contributed by atoms with Crippen LogP contribution in [0.2, 0.25) is 5.02 Å². The second kappa shape index (κ2) is 9.85. The average Bonchev–Trinajstić information content (AvgIpc) is 3.25. The van der Waals surface area contributed by atoms with Gasteiger partial charge in [-0.3, -0.25) is 14.4 Å². The number of benzene rings is 2. The predicted octanol–water partition coefficient (Wildman–Crippen LogP) is 4.94. The van der Waals surface area contributed by atoms with E-state index in [-0.39, 0.29) is 10.8 Å². The van der Waals surface area contributed by atoms with Gasteiger partial charge in [0, 0.05) is 46.3 Å². The van der Waals surface area contributed by atoms with Crippen molar-refractivity contribution in [1.29, 1.82) is 0 Å². The number of nitrogens with zero attached hydrogens (tertiary/aromatic N) is 1. The summed E-state index contributed by atoms with van der Waals surface area (Å²) in [5.41, 5.74) is 2.29. The molecule has 0 radical (unpaired) electrons. The SMILES string of the molecule is CC1Cc2ccsc2C(C)N1CCNC(=O)c1ccc(NS(=O)(=O)c2ccc(Cl)cc2)cc1. The standard InChI is InChI=1S/C24H26ClN3O3S2/c1-16-15-19-11-14-32-23(19)17(2)28(16)13-12-26-24(29)18-3-7-21(8-4-18)27-33(30,31)22-9-5-20(25)6-10-22/h3-11,14,16-17,27H,12-13,15H2,1-2H3,(H,26,29). The van der Waals surface area contributed by atoms with Gasteiger partial charge in [-0.2, -0.15) is 0 Å². The molecular formula is C24H26ClN3O3S2. The first-order valence-corrected chi connectivity index (χ1v) is 13.5. The number of carbonyl (C=O) groups is 1. The topological polar surface area (TPSA) is 78.5 Å². The van der Waals surface area contributed by atoms with Gasteiger partial charge in [-0.05, 0) is 85.8 Å². The highest BCUT2D eigenvalue weighted by Gasteiger charge is 2.29. The molecule has 2 heterocycles. The summed E-state index contributed by atoms with van der Waals surface area (Å²) >= 11 is 7.62. The molecule has 4 rings (SSSR count). The molecule has 0 bridgehead atoms. The summed E-state index contributed by atoms with van der Waals surface area (Å²) in [7, 11) is -3.73. The highest BCUT2D eigenvalue weighted by atomic mass is 35.5. The number of hydrogen-bond donors (Lipinski definition) is 2. The van der Waals surface area contributed by atoms with Crippen molar-refractivity contribution in [2.45, 2.75) is 37.2 Å². The lowest BCUT2D eigenvalue weighted by Crippen LogP contribution is -2.44. The third-order valence-electron chi connectivity index (χ3n) is 5.92. The van der Waals surface area contributed by atoms with Crippen LogP contribution in [0.4, 0.5) is 5.69 Å². The number of halogens is 1. The number of thiophene rings is 1. The molecule has 2 aromatic carbocycles. The molecule has 9 heteroatoms. The minimum atomic E-state index is -3.73. The number of fused-ring (bicyclic) bond motifs is 1. The van der Waals surface area contributed by atoms with Gasteiger partial charge in [0.2, 0.25) is 0 Å². The monoisotopic (exact) mass is 503 g/mol. The maximum absolute atomic E-state index is 12.6. The van der Waals surface area contributed by atoms with E-state index >= 15 is 0 Å². The molecule has 2 unspecified atom stereocenters. The fraction of sp³-hybridized carbons (Fsp3) is 0.292. The molecule has 0 spiro atoms. The zero-order chi connectivity index (χ0) is 23.6. The fourth-order valence-corrected chi connectivity index (χ4v) is 6.38. The summed E-state index contributed by atoms with van der Waals surface area (Å²) in [6.07, 6.45) is 1.03. The Labute approximate surface area is 203 Å². The van der Waals surface area contributed by atoms with E-state index in [1.54, 1.807) is 35.6 Å². The summed E-state index contributed by atoms with van der Waals surface area (Å²) in [5, 5.41) is 5.59. The van der Waals surface area contributed by atoms with Gasteiger partial charge in [0.15, 0.2) is 0 Å². The van der Waals surface area contributed by atoms with Crippen molar-refractivity contribution in [1.82, 2.24) is 10.2 Å². The van der Waals surface area contributed by atoms with Crippen LogP contribution in [0.1, 0.15) is 40.7 Å². The van der Waals surface area contributed by atoms with Crippen LogP contribution in [0.25, 0.3) is 0 Å². The Hall–Kier alpha value is -2.39. The number of carbonyl (C=O) groups excluding carboxylic acids is 1. The third-order valence-corrected chi connectivity index (χ3v) is 8.70. The highest BCUT2D eigenvalue weighted by Crippen LogP contribution is 2.35. The summed E-state index contributed by atoms with van der Waals surface area (Å²) in [6.45, 7) is 5.75. The van der Waals surface area contributed by atoms with Crippen LogP contribution in [-0.2, 0) is 16.4 Å². The number of amides is 1. The summed E-state index contributed by atoms with van der Waals surface area (Å²) in [4.78, 5) is 16.5. The zero-order valence-electron chi connectivity index (χ0n) is 18.4. The Morgan fingerprint density at radius 2 is 1.79 bits per heavy atom. The minimum absolute atomic E-state index is 0.115. The molecule has 1 aromatic heterocycles. The summed E-state index contributed by atoms with van der Waals surface area (Å²) in [5.74, 6) is -0.184. The number of rotatable bonds is 7. The van der Waals surface area contributed by atoms with Crippen LogP contribution in [0.5, 0.6) is 0 Å². The van der Waals surface area contributed by atoms with Gasteiger partial charge < -0.3 is 5.32 Å². The van der Waals surface area contributed by atoms with Crippen LogP contribution in [0.3, 0.4) is 0 Å². The first-order valence-electron chi connectivity index (χ1n) is 10.7. The first-order chi connectivity index (χ1) is 15.7. The molecule has 2 atom stereocenters. The molecule has 0 saturated heterocycles. The van der Waals surface area contributed by atoms with Crippen molar-refractivity contribution in [2.75, 3.05) is 17.8 Å². The molecule has 1 amide bonds. The second-order valence-corrected chi connectivity index (χ2v) is 11.2. The summed E-state index contributed by atoms with van der Waals surface area (Å²) in [6, 6.07) is 15.3. The van der Waals surface area contributed by atoms with Crippen LogP contribution in [0, 0.1) is 0 Å². The van der Waals surface area contributed by atoms with Crippen molar-refractivity contribution >= 4 is 44.6 Å². The van der Waals surface area contributed by atoms with Gasteiger partial charge >= 0.3 is 0 Å². The third kappa shape index (κ3) is 5.41. The molecule has 6 nitrogen and oxygen atoms in total. The van der Waals surface area contributed by atoms with E-state index in [9.17, 15) is 13.2 Å². The second-order valence-electron chi connectivity index (χ2n) is 8.17. The van der Waals surface area contributed by atoms with Crippen molar-refractivity contribution in [3.63, 3.8) is 0 Å². The fourth-order valence-electron chi connectivity index (χ4n) is 4.18. The van der Waals surface area contributed by atoms with E-state index < -0.39 is 10.0 Å². The molecule has 0 saturated carbocycles. The smallest absolute Gasteiger partial charge is 0.261 e. The molecular weight excluding hydrogens is 478 g/mol. The Kier molecular flexibility index (Phi) is 7.09. The van der Waals surface area contributed by atoms with E-state index in [1.807, 2.05) is 0 Å². The lowest BCUT2D eigenvalue weighted by molar-refractivity contribution is 0.0930. The summed E-state index contributed by atoms with van der Waals surface area (Å²) < 4.78 is 27.5. The van der Waals surface area contributed by atoms with Crippen LogP contribution in [-0.4, -0.2) is 38.4 Å². The van der Waals surface area contributed by atoms with Gasteiger partial charge in [-0.25, -0.2) is 8.42 Å². The van der Waals surface area contributed by atoms with E-state index in [2.05, 4.69) is 40.2 Å². The molecule has 3 aromatic rings. The molecule has 174 valence electrons. The number of sulfonamides is 1. The highest BCUT2D eigenvalue weighted by molar-refractivity contribution is 7.92. The van der Waals surface area contributed by atoms with E-state index in [0.717, 1.165) is 13.0 Å². The average molecular weight is 504 g/mol. The van der Waals surface area contributed by atoms with E-state index in [4.69, 9.17) is 11.6 Å². The molecule has 33 heavy (non-hydrogen) atoms. The predicted molar refractivity (Wildman–Crippen MR) is 134 cm³/mol. The Balaban J connectivity index is 1.32. The molecule has 2 N–H and O–H groups in total. The van der Waals surface area contributed by atoms with Crippen molar-refractivity contribution in [2.24, 2.45) is 0 Å². The zero-order valence-corrected chi connectivity index (χ0v) is 20.8. The van der Waals surface area contributed by atoms with Crippen LogP contribution < -0.4 is 10.0 Å². The van der Waals surface area contributed by atoms with Gasteiger partial charge in [0.05, 0.1) is 4.90 Å². The largest absolute Gasteiger partial charge is 0.351 e. The van der Waals surface area contributed by atoms with E-state index in [1.165, 1.54) is 34.7 Å². The lowest BCUT2D eigenvalue weighted by atomic mass is 9.97. The van der Waals surface area contributed by atoms with Crippen molar-refractivity contribution in [3.05, 3.63) is 81.0 Å². The first kappa shape index (κ1) is 23.8. The van der Waals surface area contributed by atoms with Gasteiger partial charge in [0.1, 0.15) is 0 Å². The molecule has 0 fully saturated rings. The normalized spacial score (nSPS) is 18.5. The van der Waals surface area contributed by atoms with Crippen molar-refractivity contribution < 1.29 is 13.2 Å². The molecule has 0 aliphatic carbocycles. The van der Waals surface area contributed by atoms with Crippen LogP contribution >= 0.6 is 22.9 Å². The maximum Gasteiger partial charge on any atom is 0.261 e. The van der Waals surface area contributed by atoms with Gasteiger partial charge in [-0.15, -0.1) is 11.3 Å². The minimum Gasteiger partial charge on any atom is -0.351 e. The van der Waals surface area contributed by atoms with E-state index in [0.29, 0.717) is 34.9 Å². The Morgan fingerprint density at radius 1 is 1.09 bits per heavy atom. The van der Waals surface area contributed by atoms with Gasteiger partial charge in [0.25, 0.3) is 15.9 Å². The number of anilines is 1. The van der Waals surface area contributed by atoms with Gasteiger partial charge in [-0.1, -0.05) is 11.6 Å². The molecule has 1 aliphatic heterocycles. The Morgan fingerprint density at radius 3 is 2.48 bits per heavy atom. The lowest BCUT2D eigenvalue weighted by Gasteiger charge is -2.38. The number of hydrogen-bond acceptors (Lipinski definition) is 5.